The zero-order chi connectivity index (χ0) is 22.7. The Morgan fingerprint density at radius 1 is 1.22 bits per heavy atom. The van der Waals surface area contributed by atoms with E-state index in [9.17, 15) is 4.79 Å². The van der Waals surface area contributed by atoms with Gasteiger partial charge in [-0.15, -0.1) is 0 Å². The number of nitrogens with one attached hydrogen (secondary N) is 1. The van der Waals surface area contributed by atoms with E-state index in [2.05, 4.69) is 39.2 Å². The number of ether oxygens (including phenoxy) is 1. The van der Waals surface area contributed by atoms with Crippen molar-refractivity contribution in [3.8, 4) is 5.75 Å². The molecule has 0 atom stereocenters. The molecule has 0 saturated carbocycles. The zero-order valence-corrected chi connectivity index (χ0v) is 19.3. The van der Waals surface area contributed by atoms with Crippen molar-refractivity contribution in [1.82, 2.24) is 19.9 Å². The summed E-state index contributed by atoms with van der Waals surface area (Å²) in [5, 5.41) is 4.24. The number of anilines is 2. The van der Waals surface area contributed by atoms with Crippen LogP contribution in [0.5, 0.6) is 5.75 Å². The van der Waals surface area contributed by atoms with Crippen LogP contribution < -0.4 is 15.0 Å². The van der Waals surface area contributed by atoms with Gasteiger partial charge in [-0.3, -0.25) is 4.79 Å². The summed E-state index contributed by atoms with van der Waals surface area (Å²) >= 11 is 5.86. The minimum atomic E-state index is -0.278. The van der Waals surface area contributed by atoms with Gasteiger partial charge in [-0.25, -0.2) is 9.97 Å². The molecule has 0 radical (unpaired) electrons. The number of aryl methyl sites for hydroxylation is 1. The number of benzene rings is 1. The van der Waals surface area contributed by atoms with Crippen molar-refractivity contribution in [3.63, 3.8) is 0 Å². The first kappa shape index (κ1) is 22.2. The van der Waals surface area contributed by atoms with Crippen LogP contribution in [0.25, 0.3) is 11.0 Å². The summed E-state index contributed by atoms with van der Waals surface area (Å²) in [7, 11) is 4.25. The first-order valence-corrected chi connectivity index (χ1v) is 11.0. The van der Waals surface area contributed by atoms with Gasteiger partial charge in [0.15, 0.2) is 12.3 Å². The molecule has 0 spiro atoms. The second-order valence-electron chi connectivity index (χ2n) is 8.18. The molecule has 3 heterocycles. The van der Waals surface area contributed by atoms with Crippen LogP contribution in [0.15, 0.2) is 36.5 Å². The minimum absolute atomic E-state index is 0.114. The van der Waals surface area contributed by atoms with E-state index in [4.69, 9.17) is 21.3 Å². The van der Waals surface area contributed by atoms with Crippen LogP contribution in [0.1, 0.15) is 18.5 Å². The highest BCUT2D eigenvalue weighted by Crippen LogP contribution is 2.24. The standard InChI is InChI=1S/C23H27ClN6O2/c1-15-20-12-17(27-21(31)14-32-19-6-4-16(24)5-7-19)13-25-22(20)28-23(26-15)30-10-8-18(9-11-30)29(2)3/h4-7,12-13,18H,8-11,14H2,1-3H3,(H,27,31). The van der Waals surface area contributed by atoms with Gasteiger partial charge in [0.25, 0.3) is 5.91 Å². The van der Waals surface area contributed by atoms with E-state index in [0.717, 1.165) is 37.0 Å². The van der Waals surface area contributed by atoms with Crippen LogP contribution in [-0.2, 0) is 4.79 Å². The Bertz CT molecular complexity index is 1100. The number of rotatable bonds is 6. The second kappa shape index (κ2) is 9.67. The molecule has 1 aliphatic rings. The third-order valence-corrected chi connectivity index (χ3v) is 5.93. The first-order chi connectivity index (χ1) is 15.4. The number of aromatic nitrogens is 3. The summed E-state index contributed by atoms with van der Waals surface area (Å²) in [6, 6.07) is 9.30. The summed E-state index contributed by atoms with van der Waals surface area (Å²) in [6.07, 6.45) is 3.78. The molecule has 1 N–H and O–H groups in total. The second-order valence-corrected chi connectivity index (χ2v) is 8.61. The molecule has 4 rings (SSSR count). The normalized spacial score (nSPS) is 14.7. The molecule has 0 aliphatic carbocycles. The summed E-state index contributed by atoms with van der Waals surface area (Å²) in [6.45, 7) is 3.68. The van der Waals surface area contributed by atoms with Crippen LogP contribution >= 0.6 is 11.6 Å². The van der Waals surface area contributed by atoms with E-state index in [1.807, 2.05) is 13.0 Å². The molecule has 9 heteroatoms. The van der Waals surface area contributed by atoms with Crippen molar-refractivity contribution < 1.29 is 9.53 Å². The summed E-state index contributed by atoms with van der Waals surface area (Å²) in [5.74, 6) is 1.01. The van der Waals surface area contributed by atoms with Crippen LogP contribution in [0.2, 0.25) is 5.02 Å². The summed E-state index contributed by atoms with van der Waals surface area (Å²) < 4.78 is 5.49. The van der Waals surface area contributed by atoms with E-state index in [1.165, 1.54) is 0 Å². The number of pyridine rings is 1. The molecule has 1 aromatic carbocycles. The predicted molar refractivity (Wildman–Crippen MR) is 127 cm³/mol. The van der Waals surface area contributed by atoms with E-state index >= 15 is 0 Å². The maximum absolute atomic E-state index is 12.3. The Labute approximate surface area is 192 Å². The molecule has 0 unspecified atom stereocenters. The van der Waals surface area contributed by atoms with Crippen LogP contribution in [0.4, 0.5) is 11.6 Å². The molecule has 168 valence electrons. The molecule has 1 fully saturated rings. The van der Waals surface area contributed by atoms with Gasteiger partial charge in [0, 0.05) is 29.5 Å². The van der Waals surface area contributed by atoms with Gasteiger partial charge < -0.3 is 19.9 Å². The highest BCUT2D eigenvalue weighted by Gasteiger charge is 2.23. The Balaban J connectivity index is 1.41. The maximum atomic E-state index is 12.3. The fourth-order valence-electron chi connectivity index (χ4n) is 3.81. The molecule has 1 aliphatic heterocycles. The van der Waals surface area contributed by atoms with Gasteiger partial charge >= 0.3 is 0 Å². The first-order valence-electron chi connectivity index (χ1n) is 10.6. The van der Waals surface area contributed by atoms with Crippen molar-refractivity contribution in [2.45, 2.75) is 25.8 Å². The molecule has 0 bridgehead atoms. The largest absolute Gasteiger partial charge is 0.484 e. The topological polar surface area (TPSA) is 83.5 Å². The molecule has 1 amide bonds. The number of hydrogen-bond acceptors (Lipinski definition) is 7. The third-order valence-electron chi connectivity index (χ3n) is 5.68. The number of piperidine rings is 1. The van der Waals surface area contributed by atoms with Crippen LogP contribution in [0, 0.1) is 6.92 Å². The number of carbonyl (C=O) groups is 1. The maximum Gasteiger partial charge on any atom is 0.262 e. The Morgan fingerprint density at radius 3 is 2.62 bits per heavy atom. The zero-order valence-electron chi connectivity index (χ0n) is 18.5. The summed E-state index contributed by atoms with van der Waals surface area (Å²) in [4.78, 5) is 30.6. The van der Waals surface area contributed by atoms with Crippen LogP contribution in [-0.4, -0.2) is 65.6 Å². The van der Waals surface area contributed by atoms with E-state index in [0.29, 0.717) is 34.1 Å². The Morgan fingerprint density at radius 2 is 1.94 bits per heavy atom. The number of halogens is 1. The van der Waals surface area contributed by atoms with Gasteiger partial charge in [-0.1, -0.05) is 11.6 Å². The van der Waals surface area contributed by atoms with Crippen molar-refractivity contribution in [2.24, 2.45) is 0 Å². The van der Waals surface area contributed by atoms with Gasteiger partial charge in [0.1, 0.15) is 5.75 Å². The number of nitrogens with zero attached hydrogens (tertiary/aromatic N) is 5. The number of fused-ring (bicyclic) bond motifs is 1. The quantitative estimate of drug-likeness (QED) is 0.609. The fraction of sp³-hybridized carbons (Fsp3) is 0.391. The average molecular weight is 455 g/mol. The average Bonchev–Trinajstić information content (AvgIpc) is 2.79. The van der Waals surface area contributed by atoms with Crippen LogP contribution in [0.3, 0.4) is 0 Å². The smallest absolute Gasteiger partial charge is 0.262 e. The highest BCUT2D eigenvalue weighted by atomic mass is 35.5. The molecule has 32 heavy (non-hydrogen) atoms. The molecular weight excluding hydrogens is 428 g/mol. The SMILES string of the molecule is Cc1nc(N2CCC(N(C)C)CC2)nc2ncc(NC(=O)COc3ccc(Cl)cc3)cc12. The lowest BCUT2D eigenvalue weighted by molar-refractivity contribution is -0.118. The Kier molecular flexibility index (Phi) is 6.72. The minimum Gasteiger partial charge on any atom is -0.484 e. The summed E-state index contributed by atoms with van der Waals surface area (Å²) in [5.41, 5.74) is 2.03. The van der Waals surface area contributed by atoms with Crippen molar-refractivity contribution in [1.29, 1.82) is 0 Å². The predicted octanol–water partition coefficient (Wildman–Crippen LogP) is 3.53. The van der Waals surface area contributed by atoms with Crippen molar-refractivity contribution in [2.75, 3.05) is 44.0 Å². The highest BCUT2D eigenvalue weighted by molar-refractivity contribution is 6.30. The van der Waals surface area contributed by atoms with Gasteiger partial charge in [0.05, 0.1) is 17.6 Å². The Hall–Kier alpha value is -2.97. The molecule has 1 saturated heterocycles. The number of hydrogen-bond donors (Lipinski definition) is 1. The molecule has 3 aromatic rings. The lowest BCUT2D eigenvalue weighted by Gasteiger charge is -2.35. The van der Waals surface area contributed by atoms with Crippen molar-refractivity contribution in [3.05, 3.63) is 47.2 Å². The number of carbonyl (C=O) groups excluding carboxylic acids is 1. The lowest BCUT2D eigenvalue weighted by Crippen LogP contribution is -2.42. The van der Waals surface area contributed by atoms with Gasteiger partial charge in [-0.2, -0.15) is 4.98 Å². The van der Waals surface area contributed by atoms with Gasteiger partial charge in [0.2, 0.25) is 5.95 Å². The molecule has 8 nitrogen and oxygen atoms in total. The van der Waals surface area contributed by atoms with E-state index in [-0.39, 0.29) is 12.5 Å². The lowest BCUT2D eigenvalue weighted by atomic mass is 10.0. The monoisotopic (exact) mass is 454 g/mol. The van der Waals surface area contributed by atoms with Crippen molar-refractivity contribution >= 4 is 40.2 Å². The number of amides is 1. The van der Waals surface area contributed by atoms with E-state index < -0.39 is 0 Å². The van der Waals surface area contributed by atoms with Gasteiger partial charge in [-0.05, 0) is 64.2 Å². The van der Waals surface area contributed by atoms with E-state index in [1.54, 1.807) is 30.5 Å². The third kappa shape index (κ3) is 5.26. The fourth-order valence-corrected chi connectivity index (χ4v) is 3.94. The molecular formula is C23H27ClN6O2. The molecule has 2 aromatic heterocycles.